The minimum absolute atomic E-state index is 0.0708. The van der Waals surface area contributed by atoms with E-state index in [1.807, 2.05) is 0 Å². The summed E-state index contributed by atoms with van der Waals surface area (Å²) in [5.41, 5.74) is 0. The Bertz CT molecular complexity index is 223. The maximum atomic E-state index is 9.63. The average molecular weight is 252 g/mol. The highest BCUT2D eigenvalue weighted by molar-refractivity contribution is 4.89. The van der Waals surface area contributed by atoms with Crippen LogP contribution in [0.3, 0.4) is 0 Å². The van der Waals surface area contributed by atoms with Crippen LogP contribution in [0, 0.1) is 0 Å². The molecule has 0 aromatic heterocycles. The summed E-state index contributed by atoms with van der Waals surface area (Å²) in [4.78, 5) is 0. The second-order valence-electron chi connectivity index (χ2n) is 4.16. The molecule has 0 amide bonds. The second kappa shape index (κ2) is 6.60. The molecule has 1 unspecified atom stereocenters. The smallest absolute Gasteiger partial charge is 0.186 e. The van der Waals surface area contributed by atoms with Gasteiger partial charge in [0.2, 0.25) is 0 Å². The van der Waals surface area contributed by atoms with Gasteiger partial charge < -0.3 is 35.0 Å². The first-order chi connectivity index (χ1) is 8.01. The maximum Gasteiger partial charge on any atom is 0.186 e. The zero-order chi connectivity index (χ0) is 13.0. The lowest BCUT2D eigenvalue weighted by Crippen LogP contribution is -2.59. The van der Waals surface area contributed by atoms with Crippen LogP contribution in [-0.4, -0.2) is 75.6 Å². The summed E-state index contributed by atoms with van der Waals surface area (Å²) >= 11 is 0. The third kappa shape index (κ3) is 3.59. The van der Waals surface area contributed by atoms with Crippen molar-refractivity contribution in [2.75, 3.05) is 13.2 Å². The van der Waals surface area contributed by atoms with Gasteiger partial charge in [0, 0.05) is 6.61 Å². The first kappa shape index (κ1) is 14.8. The third-order valence-corrected chi connectivity index (χ3v) is 2.75. The number of aliphatic hydroxyl groups is 5. The van der Waals surface area contributed by atoms with Crippen LogP contribution in [0.1, 0.15) is 13.3 Å². The van der Waals surface area contributed by atoms with Gasteiger partial charge in [0.05, 0.1) is 12.7 Å². The first-order valence-corrected chi connectivity index (χ1v) is 5.58. The number of hydrogen-bond donors (Lipinski definition) is 5. The normalized spacial score (nSPS) is 40.2. The van der Waals surface area contributed by atoms with E-state index in [0.717, 1.165) is 0 Å². The molecule has 0 aromatic rings. The third-order valence-electron chi connectivity index (χ3n) is 2.75. The van der Waals surface area contributed by atoms with Gasteiger partial charge in [-0.05, 0) is 13.3 Å². The number of hydrogen-bond acceptors (Lipinski definition) is 7. The van der Waals surface area contributed by atoms with E-state index < -0.39 is 37.3 Å². The molecule has 1 heterocycles. The van der Waals surface area contributed by atoms with Crippen LogP contribution in [0.2, 0.25) is 0 Å². The molecule has 1 aliphatic heterocycles. The van der Waals surface area contributed by atoms with E-state index in [9.17, 15) is 15.3 Å². The van der Waals surface area contributed by atoms with E-state index in [2.05, 4.69) is 0 Å². The van der Waals surface area contributed by atoms with Crippen LogP contribution in [0.15, 0.2) is 0 Å². The molecule has 7 heteroatoms. The Kier molecular flexibility index (Phi) is 5.74. The molecule has 0 saturated carbocycles. The summed E-state index contributed by atoms with van der Waals surface area (Å²) in [5.74, 6) is 0. The molecule has 0 bridgehead atoms. The number of aliphatic hydroxyl groups excluding tert-OH is 5. The van der Waals surface area contributed by atoms with E-state index in [1.165, 1.54) is 0 Å². The number of rotatable bonds is 5. The molecule has 0 aromatic carbocycles. The molecule has 0 radical (unpaired) electrons. The van der Waals surface area contributed by atoms with E-state index in [4.69, 9.17) is 19.7 Å². The summed E-state index contributed by atoms with van der Waals surface area (Å²) in [6.45, 7) is 1.12. The molecule has 0 spiro atoms. The fourth-order valence-electron chi connectivity index (χ4n) is 1.66. The van der Waals surface area contributed by atoms with E-state index in [-0.39, 0.29) is 12.7 Å². The predicted molar refractivity (Wildman–Crippen MR) is 56.0 cm³/mol. The first-order valence-electron chi connectivity index (χ1n) is 5.58. The van der Waals surface area contributed by atoms with Crippen molar-refractivity contribution in [2.24, 2.45) is 0 Å². The van der Waals surface area contributed by atoms with Gasteiger partial charge in [0.15, 0.2) is 6.29 Å². The highest BCUT2D eigenvalue weighted by Gasteiger charge is 2.44. The van der Waals surface area contributed by atoms with Crippen molar-refractivity contribution in [3.8, 4) is 0 Å². The van der Waals surface area contributed by atoms with Gasteiger partial charge >= 0.3 is 0 Å². The van der Waals surface area contributed by atoms with E-state index >= 15 is 0 Å². The van der Waals surface area contributed by atoms with Gasteiger partial charge in [0.25, 0.3) is 0 Å². The molecule has 5 N–H and O–H groups in total. The lowest BCUT2D eigenvalue weighted by Gasteiger charge is -2.40. The van der Waals surface area contributed by atoms with Crippen molar-refractivity contribution >= 4 is 0 Å². The van der Waals surface area contributed by atoms with Crippen molar-refractivity contribution < 1.29 is 35.0 Å². The Labute approximate surface area is 99.2 Å². The van der Waals surface area contributed by atoms with E-state index in [0.29, 0.717) is 6.42 Å². The van der Waals surface area contributed by atoms with Gasteiger partial charge in [-0.2, -0.15) is 0 Å². The Hall–Kier alpha value is -0.280. The predicted octanol–water partition coefficient (Wildman–Crippen LogP) is -2.43. The summed E-state index contributed by atoms with van der Waals surface area (Å²) in [6, 6.07) is 0. The van der Waals surface area contributed by atoms with Crippen LogP contribution < -0.4 is 0 Å². The molecular formula is C10H20O7. The highest BCUT2D eigenvalue weighted by Crippen LogP contribution is 2.23. The summed E-state index contributed by atoms with van der Waals surface area (Å²) in [5, 5.41) is 46.3. The van der Waals surface area contributed by atoms with Crippen molar-refractivity contribution in [1.82, 2.24) is 0 Å². The van der Waals surface area contributed by atoms with Crippen LogP contribution in [0.25, 0.3) is 0 Å². The molecule has 7 nitrogen and oxygen atoms in total. The molecule has 102 valence electrons. The van der Waals surface area contributed by atoms with Crippen molar-refractivity contribution in [3.63, 3.8) is 0 Å². The van der Waals surface area contributed by atoms with Gasteiger partial charge in [-0.1, -0.05) is 0 Å². The SMILES string of the molecule is CC(CCO)O[C@@H]1O[C@H](CO)[C@@H](O)[C@H](O)[C@H]1O. The average Bonchev–Trinajstić information content (AvgIpc) is 2.30. The quantitative estimate of drug-likeness (QED) is 0.369. The van der Waals surface area contributed by atoms with Crippen LogP contribution in [0.5, 0.6) is 0 Å². The van der Waals surface area contributed by atoms with Gasteiger partial charge in [-0.3, -0.25) is 0 Å². The second-order valence-corrected chi connectivity index (χ2v) is 4.16. The van der Waals surface area contributed by atoms with Crippen molar-refractivity contribution in [1.29, 1.82) is 0 Å². The zero-order valence-corrected chi connectivity index (χ0v) is 9.64. The maximum absolute atomic E-state index is 9.63. The molecule has 1 saturated heterocycles. The van der Waals surface area contributed by atoms with E-state index in [1.54, 1.807) is 6.92 Å². The molecular weight excluding hydrogens is 232 g/mol. The van der Waals surface area contributed by atoms with Gasteiger partial charge in [-0.15, -0.1) is 0 Å². The van der Waals surface area contributed by atoms with Crippen molar-refractivity contribution in [3.05, 3.63) is 0 Å². The monoisotopic (exact) mass is 252 g/mol. The summed E-state index contributed by atoms with van der Waals surface area (Å²) in [7, 11) is 0. The Morgan fingerprint density at radius 2 is 1.76 bits per heavy atom. The molecule has 17 heavy (non-hydrogen) atoms. The largest absolute Gasteiger partial charge is 0.396 e. The summed E-state index contributed by atoms with van der Waals surface area (Å²) < 4.78 is 10.4. The fourth-order valence-corrected chi connectivity index (χ4v) is 1.66. The Morgan fingerprint density at radius 1 is 1.12 bits per heavy atom. The van der Waals surface area contributed by atoms with Crippen molar-refractivity contribution in [2.45, 2.75) is 50.2 Å². The molecule has 6 atom stereocenters. The van der Waals surface area contributed by atoms with Crippen LogP contribution in [0.4, 0.5) is 0 Å². The Balaban J connectivity index is 2.59. The molecule has 1 fully saturated rings. The zero-order valence-electron chi connectivity index (χ0n) is 9.64. The standard InChI is InChI=1S/C10H20O7/c1-5(2-3-11)16-10-9(15)8(14)7(13)6(4-12)17-10/h5-15H,2-4H2,1H3/t5?,6-,7-,8+,9-,10-/m1/s1. The van der Waals surface area contributed by atoms with Crippen LogP contribution >= 0.6 is 0 Å². The van der Waals surface area contributed by atoms with Gasteiger partial charge in [0.1, 0.15) is 24.4 Å². The fraction of sp³-hybridized carbons (Fsp3) is 1.00. The van der Waals surface area contributed by atoms with Crippen LogP contribution in [-0.2, 0) is 9.47 Å². The summed E-state index contributed by atoms with van der Waals surface area (Å²) in [6.07, 6.45) is -6.34. The molecule has 0 aliphatic carbocycles. The molecule has 1 aliphatic rings. The lowest BCUT2D eigenvalue weighted by molar-refractivity contribution is -0.310. The molecule has 1 rings (SSSR count). The minimum atomic E-state index is -1.44. The number of ether oxygens (including phenoxy) is 2. The van der Waals surface area contributed by atoms with Gasteiger partial charge in [-0.25, -0.2) is 0 Å². The topological polar surface area (TPSA) is 120 Å². The Morgan fingerprint density at radius 3 is 2.29 bits per heavy atom. The highest BCUT2D eigenvalue weighted by atomic mass is 16.7. The lowest BCUT2D eigenvalue weighted by atomic mass is 9.99. The minimum Gasteiger partial charge on any atom is -0.396 e.